The number of nitro benzene ring substituents is 1. The maximum Gasteiger partial charge on any atom is 0.285 e. The lowest BCUT2D eigenvalue weighted by molar-refractivity contribution is -0.385. The normalized spacial score (nSPS) is 12.0. The van der Waals surface area contributed by atoms with E-state index in [9.17, 15) is 23.7 Å². The Morgan fingerprint density at radius 1 is 1.50 bits per heavy atom. The van der Waals surface area contributed by atoms with Gasteiger partial charge in [0.2, 0.25) is 0 Å². The van der Waals surface area contributed by atoms with Gasteiger partial charge < -0.3 is 5.32 Å². The number of halogens is 3. The SMILES string of the molecule is CC(Cl)CNC(=O)c1cc(F)c(F)cc1[N+](=O)[O-]. The van der Waals surface area contributed by atoms with Crippen molar-refractivity contribution in [3.8, 4) is 0 Å². The van der Waals surface area contributed by atoms with Crippen LogP contribution in [0.4, 0.5) is 14.5 Å². The van der Waals surface area contributed by atoms with E-state index in [2.05, 4.69) is 5.32 Å². The molecule has 1 atom stereocenters. The van der Waals surface area contributed by atoms with E-state index in [1.54, 1.807) is 6.92 Å². The van der Waals surface area contributed by atoms with Crippen molar-refractivity contribution in [2.24, 2.45) is 0 Å². The van der Waals surface area contributed by atoms with E-state index in [0.717, 1.165) is 0 Å². The van der Waals surface area contributed by atoms with Gasteiger partial charge in [-0.2, -0.15) is 0 Å². The largest absolute Gasteiger partial charge is 0.350 e. The summed E-state index contributed by atoms with van der Waals surface area (Å²) in [6, 6.07) is 0.857. The molecule has 0 bridgehead atoms. The van der Waals surface area contributed by atoms with Crippen molar-refractivity contribution < 1.29 is 18.5 Å². The maximum atomic E-state index is 13.0. The molecule has 8 heteroatoms. The average molecular weight is 279 g/mol. The first-order chi connectivity index (χ1) is 8.32. The topological polar surface area (TPSA) is 72.2 Å². The number of carbonyl (C=O) groups is 1. The third-order valence-corrected chi connectivity index (χ3v) is 2.18. The minimum Gasteiger partial charge on any atom is -0.350 e. The highest BCUT2D eigenvalue weighted by atomic mass is 35.5. The number of benzene rings is 1. The van der Waals surface area contributed by atoms with Gasteiger partial charge in [0.1, 0.15) is 5.56 Å². The quantitative estimate of drug-likeness (QED) is 0.521. The van der Waals surface area contributed by atoms with Gasteiger partial charge in [-0.05, 0) is 13.0 Å². The van der Waals surface area contributed by atoms with Crippen LogP contribution in [0.15, 0.2) is 12.1 Å². The number of amides is 1. The number of alkyl halides is 1. The molecule has 1 unspecified atom stereocenters. The van der Waals surface area contributed by atoms with Crippen molar-refractivity contribution in [3.05, 3.63) is 39.4 Å². The second-order valence-corrected chi connectivity index (χ2v) is 4.28. The monoisotopic (exact) mass is 278 g/mol. The lowest BCUT2D eigenvalue weighted by Crippen LogP contribution is -2.29. The first kappa shape index (κ1) is 14.3. The molecular formula is C10H9ClF2N2O3. The summed E-state index contributed by atoms with van der Waals surface area (Å²) < 4.78 is 25.8. The molecule has 0 radical (unpaired) electrons. The number of hydrogen-bond donors (Lipinski definition) is 1. The zero-order valence-corrected chi connectivity index (χ0v) is 10.0. The van der Waals surface area contributed by atoms with E-state index in [0.29, 0.717) is 12.1 Å². The number of nitro groups is 1. The van der Waals surface area contributed by atoms with Crippen molar-refractivity contribution in [2.45, 2.75) is 12.3 Å². The summed E-state index contributed by atoms with van der Waals surface area (Å²) in [5.41, 5.74) is -1.34. The van der Waals surface area contributed by atoms with Gasteiger partial charge in [-0.3, -0.25) is 14.9 Å². The predicted molar refractivity (Wildman–Crippen MR) is 60.7 cm³/mol. The molecular weight excluding hydrogens is 270 g/mol. The Morgan fingerprint density at radius 2 is 2.06 bits per heavy atom. The van der Waals surface area contributed by atoms with Gasteiger partial charge in [0.25, 0.3) is 11.6 Å². The lowest BCUT2D eigenvalue weighted by atomic mass is 10.1. The number of rotatable bonds is 4. The summed E-state index contributed by atoms with van der Waals surface area (Å²) in [6.45, 7) is 1.65. The predicted octanol–water partition coefficient (Wildman–Crippen LogP) is 2.23. The number of carbonyl (C=O) groups excluding carboxylic acids is 1. The molecule has 0 spiro atoms. The lowest BCUT2D eigenvalue weighted by Gasteiger charge is -2.07. The fourth-order valence-corrected chi connectivity index (χ4v) is 1.27. The molecule has 98 valence electrons. The molecule has 18 heavy (non-hydrogen) atoms. The van der Waals surface area contributed by atoms with E-state index >= 15 is 0 Å². The van der Waals surface area contributed by atoms with Gasteiger partial charge >= 0.3 is 0 Å². The Hall–Kier alpha value is -1.76. The first-order valence-corrected chi connectivity index (χ1v) is 5.32. The number of nitrogens with one attached hydrogen (secondary N) is 1. The Balaban J connectivity index is 3.10. The Morgan fingerprint density at radius 3 is 2.56 bits per heavy atom. The van der Waals surface area contributed by atoms with E-state index < -0.39 is 39.1 Å². The molecule has 5 nitrogen and oxygen atoms in total. The number of nitrogens with zero attached hydrogens (tertiary/aromatic N) is 1. The van der Waals surface area contributed by atoms with Gasteiger partial charge in [-0.25, -0.2) is 8.78 Å². The molecule has 0 aliphatic rings. The Bertz CT molecular complexity index is 494. The van der Waals surface area contributed by atoms with Crippen LogP contribution in [0.5, 0.6) is 0 Å². The third kappa shape index (κ3) is 3.36. The minimum absolute atomic E-state index is 0.0521. The van der Waals surface area contributed by atoms with Crippen LogP contribution in [-0.4, -0.2) is 22.8 Å². The van der Waals surface area contributed by atoms with Crippen LogP contribution in [0.3, 0.4) is 0 Å². The second-order valence-electron chi connectivity index (χ2n) is 3.53. The summed E-state index contributed by atoms with van der Waals surface area (Å²) in [4.78, 5) is 21.3. The van der Waals surface area contributed by atoms with Crippen molar-refractivity contribution >= 4 is 23.2 Å². The van der Waals surface area contributed by atoms with Crippen molar-refractivity contribution in [1.29, 1.82) is 0 Å². The van der Waals surface area contributed by atoms with Crippen LogP contribution in [0.2, 0.25) is 0 Å². The molecule has 0 fully saturated rings. The van der Waals surface area contributed by atoms with Gasteiger partial charge in [0.05, 0.1) is 11.0 Å². The molecule has 1 aromatic carbocycles. The summed E-state index contributed by atoms with van der Waals surface area (Å²) >= 11 is 5.59. The summed E-state index contributed by atoms with van der Waals surface area (Å²) in [6.07, 6.45) is 0. The van der Waals surface area contributed by atoms with Gasteiger partial charge in [-0.15, -0.1) is 11.6 Å². The highest BCUT2D eigenvalue weighted by molar-refractivity contribution is 6.20. The molecule has 0 heterocycles. The average Bonchev–Trinajstić information content (AvgIpc) is 2.28. The van der Waals surface area contributed by atoms with Gasteiger partial charge in [-0.1, -0.05) is 0 Å². The summed E-state index contributed by atoms with van der Waals surface area (Å²) in [5, 5.41) is 12.5. The molecule has 0 aliphatic carbocycles. The minimum atomic E-state index is -1.39. The van der Waals surface area contributed by atoms with Crippen LogP contribution in [0.25, 0.3) is 0 Å². The Labute approximate surface area is 106 Å². The molecule has 1 N–H and O–H groups in total. The molecule has 0 saturated heterocycles. The summed E-state index contributed by atoms with van der Waals surface area (Å²) in [5.74, 6) is -3.60. The first-order valence-electron chi connectivity index (χ1n) is 4.88. The highest BCUT2D eigenvalue weighted by Crippen LogP contribution is 2.22. The van der Waals surface area contributed by atoms with E-state index in [-0.39, 0.29) is 6.54 Å². The molecule has 1 rings (SSSR count). The molecule has 0 aliphatic heterocycles. The van der Waals surface area contributed by atoms with Crippen LogP contribution in [0.1, 0.15) is 17.3 Å². The summed E-state index contributed by atoms with van der Waals surface area (Å²) in [7, 11) is 0. The van der Waals surface area contributed by atoms with E-state index in [1.165, 1.54) is 0 Å². The van der Waals surface area contributed by atoms with E-state index in [4.69, 9.17) is 11.6 Å². The zero-order chi connectivity index (χ0) is 13.9. The Kier molecular flexibility index (Phi) is 4.55. The van der Waals surface area contributed by atoms with Crippen molar-refractivity contribution in [1.82, 2.24) is 5.32 Å². The molecule has 0 aromatic heterocycles. The van der Waals surface area contributed by atoms with Gasteiger partial charge in [0, 0.05) is 11.9 Å². The fourth-order valence-electron chi connectivity index (χ4n) is 1.20. The van der Waals surface area contributed by atoms with Crippen molar-refractivity contribution in [2.75, 3.05) is 6.54 Å². The molecule has 1 amide bonds. The molecule has 0 saturated carbocycles. The van der Waals surface area contributed by atoms with Crippen LogP contribution >= 0.6 is 11.6 Å². The second kappa shape index (κ2) is 5.72. The van der Waals surface area contributed by atoms with Crippen LogP contribution in [0, 0.1) is 21.7 Å². The van der Waals surface area contributed by atoms with Crippen LogP contribution in [-0.2, 0) is 0 Å². The molecule has 1 aromatic rings. The standard InChI is InChI=1S/C10H9ClF2N2O3/c1-5(11)4-14-10(16)6-2-7(12)8(13)3-9(6)15(17)18/h2-3,5H,4H2,1H3,(H,14,16). The highest BCUT2D eigenvalue weighted by Gasteiger charge is 2.23. The fraction of sp³-hybridized carbons (Fsp3) is 0.300. The maximum absolute atomic E-state index is 13.0. The van der Waals surface area contributed by atoms with E-state index in [1.807, 2.05) is 0 Å². The smallest absolute Gasteiger partial charge is 0.285 e. The van der Waals surface area contributed by atoms with Gasteiger partial charge in [0.15, 0.2) is 11.6 Å². The zero-order valence-electron chi connectivity index (χ0n) is 9.25. The van der Waals surface area contributed by atoms with Crippen molar-refractivity contribution in [3.63, 3.8) is 0 Å². The number of hydrogen-bond acceptors (Lipinski definition) is 3. The third-order valence-electron chi connectivity index (χ3n) is 2.02. The van der Waals surface area contributed by atoms with Crippen LogP contribution < -0.4 is 5.32 Å².